The summed E-state index contributed by atoms with van der Waals surface area (Å²) in [6, 6.07) is 5.75. The Bertz CT molecular complexity index is 281. The van der Waals surface area contributed by atoms with Gasteiger partial charge >= 0.3 is 0 Å². The van der Waals surface area contributed by atoms with Gasteiger partial charge in [-0.3, -0.25) is 0 Å². The number of aliphatic hydroxyl groups is 1. The quantitative estimate of drug-likeness (QED) is 0.806. The molecule has 0 aliphatic heterocycles. The lowest BCUT2D eigenvalue weighted by atomic mass is 10.2. The molecule has 1 aromatic carbocycles. The van der Waals surface area contributed by atoms with E-state index < -0.39 is 0 Å². The van der Waals surface area contributed by atoms with E-state index >= 15 is 0 Å². The van der Waals surface area contributed by atoms with Gasteiger partial charge in [0.05, 0.1) is 16.8 Å². The molecule has 1 aromatic rings. The van der Waals surface area contributed by atoms with Crippen LogP contribution in [-0.2, 0) is 0 Å². The van der Waals surface area contributed by atoms with E-state index in [1.165, 1.54) is 0 Å². The van der Waals surface area contributed by atoms with Gasteiger partial charge < -0.3 is 10.4 Å². The number of hydrogen-bond donors (Lipinski definition) is 2. The summed E-state index contributed by atoms with van der Waals surface area (Å²) in [5.41, 5.74) is 2.02. The zero-order valence-electron chi connectivity index (χ0n) is 8.55. The maximum atomic E-state index is 9.40. The fraction of sp³-hybridized carbons (Fsp3) is 0.455. The lowest BCUT2D eigenvalue weighted by molar-refractivity contribution is 0.183. The van der Waals surface area contributed by atoms with Gasteiger partial charge in [0.1, 0.15) is 0 Å². The highest BCUT2D eigenvalue weighted by atomic mass is 35.5. The lowest BCUT2D eigenvalue weighted by Gasteiger charge is -2.13. The minimum atomic E-state index is -0.314. The Morgan fingerprint density at radius 2 is 2.21 bits per heavy atom. The summed E-state index contributed by atoms with van der Waals surface area (Å²) in [5.74, 6) is 0. The van der Waals surface area contributed by atoms with E-state index in [0.717, 1.165) is 17.7 Å². The van der Waals surface area contributed by atoms with E-state index in [4.69, 9.17) is 11.6 Å². The Kier molecular flexibility index (Phi) is 4.23. The van der Waals surface area contributed by atoms with Gasteiger partial charge in [0.15, 0.2) is 0 Å². The van der Waals surface area contributed by atoms with E-state index in [9.17, 15) is 5.11 Å². The number of halogens is 1. The average Bonchev–Trinajstić information content (AvgIpc) is 2.16. The fourth-order valence-corrected chi connectivity index (χ4v) is 1.51. The summed E-state index contributed by atoms with van der Waals surface area (Å²) >= 11 is 6.01. The van der Waals surface area contributed by atoms with Crippen molar-refractivity contribution in [3.05, 3.63) is 28.8 Å². The van der Waals surface area contributed by atoms with E-state index in [0.29, 0.717) is 11.6 Å². The van der Waals surface area contributed by atoms with Crippen molar-refractivity contribution >= 4 is 17.3 Å². The summed E-state index contributed by atoms with van der Waals surface area (Å²) in [4.78, 5) is 0. The average molecular weight is 214 g/mol. The molecule has 0 bridgehead atoms. The van der Waals surface area contributed by atoms with Crippen molar-refractivity contribution in [1.82, 2.24) is 0 Å². The van der Waals surface area contributed by atoms with Gasteiger partial charge in [-0.1, -0.05) is 30.7 Å². The molecule has 0 radical (unpaired) electrons. The molecule has 3 heteroatoms. The topological polar surface area (TPSA) is 32.3 Å². The highest BCUT2D eigenvalue weighted by Gasteiger charge is 2.05. The number of rotatable bonds is 4. The van der Waals surface area contributed by atoms with Crippen LogP contribution in [0, 0.1) is 6.92 Å². The highest BCUT2D eigenvalue weighted by Crippen LogP contribution is 2.24. The molecule has 0 spiro atoms. The third-order valence-electron chi connectivity index (χ3n) is 2.21. The van der Waals surface area contributed by atoms with Gasteiger partial charge in [-0.15, -0.1) is 0 Å². The third kappa shape index (κ3) is 2.89. The first-order valence-corrected chi connectivity index (χ1v) is 5.20. The number of aryl methyl sites for hydroxylation is 1. The smallest absolute Gasteiger partial charge is 0.0709 e. The van der Waals surface area contributed by atoms with E-state index in [2.05, 4.69) is 5.32 Å². The van der Waals surface area contributed by atoms with Crippen molar-refractivity contribution in [2.45, 2.75) is 26.4 Å². The van der Waals surface area contributed by atoms with Gasteiger partial charge in [0, 0.05) is 6.54 Å². The summed E-state index contributed by atoms with van der Waals surface area (Å²) in [6.45, 7) is 4.49. The van der Waals surface area contributed by atoms with Gasteiger partial charge in [0.25, 0.3) is 0 Å². The minimum absolute atomic E-state index is 0.314. The van der Waals surface area contributed by atoms with Gasteiger partial charge in [-0.05, 0) is 25.0 Å². The predicted octanol–water partition coefficient (Wildman–Crippen LogP) is 2.83. The highest BCUT2D eigenvalue weighted by molar-refractivity contribution is 6.33. The maximum absolute atomic E-state index is 9.40. The molecule has 14 heavy (non-hydrogen) atoms. The first kappa shape index (κ1) is 11.3. The Morgan fingerprint density at radius 1 is 1.50 bits per heavy atom. The third-order valence-corrected chi connectivity index (χ3v) is 2.52. The Balaban J connectivity index is 2.66. The molecule has 0 fully saturated rings. The van der Waals surface area contributed by atoms with Gasteiger partial charge in [-0.25, -0.2) is 0 Å². The SMILES string of the molecule is CC[C@H](O)CNc1c(C)cccc1Cl. The first-order valence-electron chi connectivity index (χ1n) is 4.82. The van der Waals surface area contributed by atoms with Crippen LogP contribution in [0.15, 0.2) is 18.2 Å². The standard InChI is InChI=1S/C11H16ClNO/c1-3-9(14)7-13-11-8(2)5-4-6-10(11)12/h4-6,9,13-14H,3,7H2,1-2H3/t9-/m0/s1. The van der Waals surface area contributed by atoms with Crippen LogP contribution in [0.4, 0.5) is 5.69 Å². The lowest BCUT2D eigenvalue weighted by Crippen LogP contribution is -2.18. The maximum Gasteiger partial charge on any atom is 0.0709 e. The Hall–Kier alpha value is -0.730. The minimum Gasteiger partial charge on any atom is -0.391 e. The summed E-state index contributed by atoms with van der Waals surface area (Å²) < 4.78 is 0. The molecule has 2 N–H and O–H groups in total. The molecule has 0 aliphatic rings. The molecule has 0 amide bonds. The summed E-state index contributed by atoms with van der Waals surface area (Å²) in [6.07, 6.45) is 0.432. The molecule has 0 heterocycles. The second-order valence-electron chi connectivity index (χ2n) is 3.37. The molecule has 2 nitrogen and oxygen atoms in total. The zero-order chi connectivity index (χ0) is 10.6. The number of para-hydroxylation sites is 1. The van der Waals surface area contributed by atoms with Crippen LogP contribution < -0.4 is 5.32 Å². The normalized spacial score (nSPS) is 12.6. The van der Waals surface area contributed by atoms with Crippen molar-refractivity contribution in [3.63, 3.8) is 0 Å². The largest absolute Gasteiger partial charge is 0.391 e. The first-order chi connectivity index (χ1) is 6.65. The van der Waals surface area contributed by atoms with Crippen LogP contribution in [0.25, 0.3) is 0 Å². The van der Waals surface area contributed by atoms with E-state index in [1.807, 2.05) is 32.0 Å². The monoisotopic (exact) mass is 213 g/mol. The molecule has 0 aromatic heterocycles. The molecule has 1 rings (SSSR count). The number of anilines is 1. The van der Waals surface area contributed by atoms with Crippen molar-refractivity contribution in [2.75, 3.05) is 11.9 Å². The van der Waals surface area contributed by atoms with Crippen molar-refractivity contribution in [3.8, 4) is 0 Å². The number of nitrogens with one attached hydrogen (secondary N) is 1. The number of aliphatic hydroxyl groups excluding tert-OH is 1. The molecule has 0 unspecified atom stereocenters. The summed E-state index contributed by atoms with van der Waals surface area (Å²) in [5, 5.41) is 13.2. The van der Waals surface area contributed by atoms with E-state index in [-0.39, 0.29) is 6.10 Å². The van der Waals surface area contributed by atoms with Crippen LogP contribution in [0.1, 0.15) is 18.9 Å². The molecule has 0 saturated carbocycles. The van der Waals surface area contributed by atoms with Gasteiger partial charge in [0.2, 0.25) is 0 Å². The van der Waals surface area contributed by atoms with Crippen LogP contribution in [0.5, 0.6) is 0 Å². The van der Waals surface area contributed by atoms with Crippen molar-refractivity contribution in [2.24, 2.45) is 0 Å². The number of benzene rings is 1. The number of hydrogen-bond acceptors (Lipinski definition) is 2. The van der Waals surface area contributed by atoms with Crippen molar-refractivity contribution in [1.29, 1.82) is 0 Å². The Morgan fingerprint density at radius 3 is 2.79 bits per heavy atom. The predicted molar refractivity (Wildman–Crippen MR) is 61.0 cm³/mol. The van der Waals surface area contributed by atoms with Crippen LogP contribution in [-0.4, -0.2) is 17.8 Å². The van der Waals surface area contributed by atoms with Crippen LogP contribution in [0.2, 0.25) is 5.02 Å². The van der Waals surface area contributed by atoms with Gasteiger partial charge in [-0.2, -0.15) is 0 Å². The summed E-state index contributed by atoms with van der Waals surface area (Å²) in [7, 11) is 0. The zero-order valence-corrected chi connectivity index (χ0v) is 9.30. The molecular formula is C11H16ClNO. The molecule has 1 atom stereocenters. The molecular weight excluding hydrogens is 198 g/mol. The second-order valence-corrected chi connectivity index (χ2v) is 3.78. The molecule has 0 aliphatic carbocycles. The van der Waals surface area contributed by atoms with E-state index in [1.54, 1.807) is 0 Å². The fourth-order valence-electron chi connectivity index (χ4n) is 1.22. The van der Waals surface area contributed by atoms with Crippen molar-refractivity contribution < 1.29 is 5.11 Å². The van der Waals surface area contributed by atoms with Crippen LogP contribution >= 0.6 is 11.6 Å². The Labute approximate surface area is 89.9 Å². The van der Waals surface area contributed by atoms with Crippen LogP contribution in [0.3, 0.4) is 0 Å². The molecule has 0 saturated heterocycles. The second kappa shape index (κ2) is 5.23. The molecule has 78 valence electrons.